The smallest absolute Gasteiger partial charge is 0.236 e. The van der Waals surface area contributed by atoms with Crippen LogP contribution in [0.5, 0.6) is 0 Å². The van der Waals surface area contributed by atoms with E-state index in [2.05, 4.69) is 55.8 Å². The van der Waals surface area contributed by atoms with Crippen molar-refractivity contribution in [2.24, 2.45) is 5.92 Å². The number of hydrogen-bond donors (Lipinski definition) is 0. The Labute approximate surface area is 148 Å². The van der Waals surface area contributed by atoms with Gasteiger partial charge in [-0.3, -0.25) is 14.6 Å². The van der Waals surface area contributed by atoms with Crippen molar-refractivity contribution >= 4 is 5.91 Å². The van der Waals surface area contributed by atoms with Gasteiger partial charge in [0.1, 0.15) is 0 Å². The molecule has 2 rings (SSSR count). The number of nitrogens with zero attached hydrogens (tertiary/aromatic N) is 3. The molecule has 1 aliphatic carbocycles. The zero-order chi connectivity index (χ0) is 17.5. The maximum absolute atomic E-state index is 12.4. The summed E-state index contributed by atoms with van der Waals surface area (Å²) in [6.45, 7) is 12.0. The van der Waals surface area contributed by atoms with Crippen LogP contribution in [-0.4, -0.2) is 73.0 Å². The van der Waals surface area contributed by atoms with Crippen LogP contribution in [0.15, 0.2) is 23.8 Å². The number of carbonyl (C=O) groups is 1. The number of unbranched alkanes of at least 4 members (excludes halogenated alkanes) is 1. The molecule has 1 unspecified atom stereocenters. The Kier molecular flexibility index (Phi) is 7.50. The lowest BCUT2D eigenvalue weighted by atomic mass is 9.94. The normalized spacial score (nSPS) is 22.3. The third kappa shape index (κ3) is 5.45. The number of hydrogen-bond acceptors (Lipinski definition) is 3. The first-order chi connectivity index (χ1) is 11.5. The molecule has 0 aromatic carbocycles. The highest BCUT2D eigenvalue weighted by Gasteiger charge is 2.25. The minimum Gasteiger partial charge on any atom is -0.339 e. The van der Waals surface area contributed by atoms with Crippen molar-refractivity contribution < 1.29 is 4.79 Å². The SMILES string of the molecule is CCCCN(C)CC(=O)N1CCN(C2C=CC(C(C)C)=CC2)CC1. The first-order valence-corrected chi connectivity index (χ1v) is 9.60. The second-order valence-corrected chi connectivity index (χ2v) is 7.53. The highest BCUT2D eigenvalue weighted by Crippen LogP contribution is 2.21. The first kappa shape index (κ1) is 19.2. The lowest BCUT2D eigenvalue weighted by molar-refractivity contribution is -0.134. The van der Waals surface area contributed by atoms with Crippen LogP contribution >= 0.6 is 0 Å². The third-order valence-corrected chi connectivity index (χ3v) is 5.21. The summed E-state index contributed by atoms with van der Waals surface area (Å²) in [5, 5.41) is 0. The summed E-state index contributed by atoms with van der Waals surface area (Å²) in [6, 6.07) is 0.511. The van der Waals surface area contributed by atoms with Gasteiger partial charge in [0.2, 0.25) is 5.91 Å². The van der Waals surface area contributed by atoms with E-state index >= 15 is 0 Å². The second-order valence-electron chi connectivity index (χ2n) is 7.53. The molecule has 4 heteroatoms. The third-order valence-electron chi connectivity index (χ3n) is 5.21. The molecule has 0 bridgehead atoms. The van der Waals surface area contributed by atoms with Crippen LogP contribution in [0.3, 0.4) is 0 Å². The van der Waals surface area contributed by atoms with Crippen LogP contribution in [-0.2, 0) is 4.79 Å². The molecule has 0 N–H and O–H groups in total. The Bertz CT molecular complexity index is 462. The summed E-state index contributed by atoms with van der Waals surface area (Å²) in [7, 11) is 2.05. The first-order valence-electron chi connectivity index (χ1n) is 9.60. The van der Waals surface area contributed by atoms with E-state index in [4.69, 9.17) is 0 Å². The molecule has 1 aliphatic heterocycles. The van der Waals surface area contributed by atoms with Crippen LogP contribution in [0.25, 0.3) is 0 Å². The minimum atomic E-state index is 0.287. The van der Waals surface area contributed by atoms with Crippen molar-refractivity contribution in [1.29, 1.82) is 0 Å². The average molecular weight is 334 g/mol. The highest BCUT2D eigenvalue weighted by atomic mass is 16.2. The summed E-state index contributed by atoms with van der Waals surface area (Å²) in [5.41, 5.74) is 1.45. The van der Waals surface area contributed by atoms with Crippen molar-refractivity contribution in [1.82, 2.24) is 14.7 Å². The highest BCUT2D eigenvalue weighted by molar-refractivity contribution is 5.78. The van der Waals surface area contributed by atoms with Crippen molar-refractivity contribution in [2.45, 2.75) is 46.1 Å². The Morgan fingerprint density at radius 1 is 1.29 bits per heavy atom. The Morgan fingerprint density at radius 3 is 2.54 bits per heavy atom. The average Bonchev–Trinajstić information content (AvgIpc) is 2.60. The van der Waals surface area contributed by atoms with Gasteiger partial charge in [0.15, 0.2) is 0 Å². The van der Waals surface area contributed by atoms with E-state index in [1.807, 2.05) is 4.90 Å². The molecule has 24 heavy (non-hydrogen) atoms. The van der Waals surface area contributed by atoms with E-state index in [-0.39, 0.29) is 5.91 Å². The maximum Gasteiger partial charge on any atom is 0.236 e. The predicted molar refractivity (Wildman–Crippen MR) is 101 cm³/mol. The summed E-state index contributed by atoms with van der Waals surface area (Å²) < 4.78 is 0. The Balaban J connectivity index is 1.74. The van der Waals surface area contributed by atoms with Crippen LogP contribution < -0.4 is 0 Å². The summed E-state index contributed by atoms with van der Waals surface area (Å²) in [4.78, 5) is 19.1. The molecule has 0 radical (unpaired) electrons. The number of allylic oxidation sites excluding steroid dienone is 2. The number of rotatable bonds is 7. The quantitative estimate of drug-likeness (QED) is 0.717. The van der Waals surface area contributed by atoms with Gasteiger partial charge < -0.3 is 4.90 Å². The Hall–Kier alpha value is -1.13. The topological polar surface area (TPSA) is 26.8 Å². The van der Waals surface area contributed by atoms with Crippen LogP contribution in [0.4, 0.5) is 0 Å². The van der Waals surface area contributed by atoms with E-state index in [0.29, 0.717) is 18.5 Å². The van der Waals surface area contributed by atoms with E-state index in [9.17, 15) is 4.79 Å². The zero-order valence-corrected chi connectivity index (χ0v) is 16.0. The molecule has 4 nitrogen and oxygen atoms in total. The van der Waals surface area contributed by atoms with Gasteiger partial charge in [-0.25, -0.2) is 0 Å². The molecular weight excluding hydrogens is 298 g/mol. The molecule has 1 fully saturated rings. The van der Waals surface area contributed by atoms with E-state index < -0.39 is 0 Å². The molecule has 0 spiro atoms. The van der Waals surface area contributed by atoms with Crippen molar-refractivity contribution in [2.75, 3.05) is 46.3 Å². The lowest BCUT2D eigenvalue weighted by Crippen LogP contribution is -2.53. The van der Waals surface area contributed by atoms with Gasteiger partial charge in [-0.15, -0.1) is 0 Å². The summed E-state index contributed by atoms with van der Waals surface area (Å²) in [5.74, 6) is 0.899. The predicted octanol–water partition coefficient (Wildman–Crippen LogP) is 2.77. The molecule has 1 saturated heterocycles. The standard InChI is InChI=1S/C20H35N3O/c1-5-6-11-21(4)16-20(24)23-14-12-22(13-15-23)19-9-7-18(8-10-19)17(2)3/h7-9,17,19H,5-6,10-16H2,1-4H3. The minimum absolute atomic E-state index is 0.287. The van der Waals surface area contributed by atoms with Gasteiger partial charge in [-0.2, -0.15) is 0 Å². The van der Waals surface area contributed by atoms with Gasteiger partial charge in [-0.1, -0.05) is 45.4 Å². The molecule has 1 atom stereocenters. The maximum atomic E-state index is 12.4. The van der Waals surface area contributed by atoms with Crippen molar-refractivity contribution in [3.8, 4) is 0 Å². The summed E-state index contributed by atoms with van der Waals surface area (Å²) >= 11 is 0. The Morgan fingerprint density at radius 2 is 2.00 bits per heavy atom. The molecule has 0 aromatic heterocycles. The van der Waals surface area contributed by atoms with Crippen LogP contribution in [0, 0.1) is 5.92 Å². The second kappa shape index (κ2) is 9.38. The van der Waals surface area contributed by atoms with E-state index in [0.717, 1.165) is 45.6 Å². The fourth-order valence-corrected chi connectivity index (χ4v) is 3.47. The molecule has 1 heterocycles. The van der Waals surface area contributed by atoms with E-state index in [1.54, 1.807) is 0 Å². The van der Waals surface area contributed by atoms with Gasteiger partial charge in [0.05, 0.1) is 6.54 Å². The number of carbonyl (C=O) groups excluding carboxylic acids is 1. The van der Waals surface area contributed by atoms with E-state index in [1.165, 1.54) is 12.0 Å². The van der Waals surface area contributed by atoms with Gasteiger partial charge >= 0.3 is 0 Å². The fraction of sp³-hybridized carbons (Fsp3) is 0.750. The van der Waals surface area contributed by atoms with Crippen LogP contribution in [0.2, 0.25) is 0 Å². The monoisotopic (exact) mass is 333 g/mol. The molecule has 0 saturated carbocycles. The zero-order valence-electron chi connectivity index (χ0n) is 16.0. The largest absolute Gasteiger partial charge is 0.339 e. The van der Waals surface area contributed by atoms with Crippen molar-refractivity contribution in [3.63, 3.8) is 0 Å². The van der Waals surface area contributed by atoms with Crippen LogP contribution in [0.1, 0.15) is 40.0 Å². The summed E-state index contributed by atoms with van der Waals surface area (Å²) in [6.07, 6.45) is 10.5. The molecule has 0 aromatic rings. The van der Waals surface area contributed by atoms with Gasteiger partial charge in [0.25, 0.3) is 0 Å². The number of piperazine rings is 1. The molecule has 2 aliphatic rings. The number of likely N-dealkylation sites (N-methyl/N-ethyl adjacent to an activating group) is 1. The lowest BCUT2D eigenvalue weighted by Gasteiger charge is -2.39. The molecule has 136 valence electrons. The fourth-order valence-electron chi connectivity index (χ4n) is 3.47. The molecule has 1 amide bonds. The van der Waals surface area contributed by atoms with Gasteiger partial charge in [-0.05, 0) is 37.9 Å². The number of amides is 1. The van der Waals surface area contributed by atoms with Gasteiger partial charge in [0, 0.05) is 32.2 Å². The molecular formula is C20H35N3O. The van der Waals surface area contributed by atoms with Crippen molar-refractivity contribution in [3.05, 3.63) is 23.8 Å².